The minimum atomic E-state index is -0.542. The average molecular weight is 331 g/mol. The normalized spacial score (nSPS) is 13.4. The Balaban J connectivity index is 3.00. The van der Waals surface area contributed by atoms with Crippen LogP contribution in [-0.4, -0.2) is 17.0 Å². The topological polar surface area (TPSA) is 75.1 Å². The number of hydrogen-bond acceptors (Lipinski definition) is 3. The van der Waals surface area contributed by atoms with Gasteiger partial charge < -0.3 is 4.74 Å². The molecular formula is C10H10IN3O2. The van der Waals surface area contributed by atoms with Gasteiger partial charge in [0.2, 0.25) is 0 Å². The molecule has 0 aliphatic heterocycles. The Kier molecular flexibility index (Phi) is 5.07. The molecule has 0 saturated carbocycles. The van der Waals surface area contributed by atoms with Crippen LogP contribution in [0.1, 0.15) is 11.6 Å². The van der Waals surface area contributed by atoms with Gasteiger partial charge in [-0.05, 0) is 11.1 Å². The maximum atomic E-state index is 11.4. The lowest BCUT2D eigenvalue weighted by atomic mass is 10.1. The van der Waals surface area contributed by atoms with Crippen molar-refractivity contribution in [2.45, 2.75) is 9.97 Å². The van der Waals surface area contributed by atoms with E-state index in [1.165, 1.54) is 7.11 Å². The molecule has 2 atom stereocenters. The van der Waals surface area contributed by atoms with E-state index in [1.54, 1.807) is 0 Å². The van der Waals surface area contributed by atoms with Crippen molar-refractivity contribution in [3.8, 4) is 0 Å². The molecule has 0 aromatic heterocycles. The maximum absolute atomic E-state index is 11.4. The number of hydrogen-bond donors (Lipinski definition) is 0. The molecule has 0 N–H and O–H groups in total. The van der Waals surface area contributed by atoms with Crippen LogP contribution in [0.2, 0.25) is 0 Å². The van der Waals surface area contributed by atoms with Crippen molar-refractivity contribution < 1.29 is 9.53 Å². The molecule has 5 nitrogen and oxygen atoms in total. The zero-order chi connectivity index (χ0) is 12.0. The first kappa shape index (κ1) is 12.8. The van der Waals surface area contributed by atoms with Crippen LogP contribution in [0, 0.1) is 0 Å². The average Bonchev–Trinajstić information content (AvgIpc) is 2.35. The first-order chi connectivity index (χ1) is 7.70. The monoisotopic (exact) mass is 331 g/mol. The Bertz CT molecular complexity index is 404. The molecule has 0 bridgehead atoms. The van der Waals surface area contributed by atoms with Gasteiger partial charge in [0.05, 0.1) is 13.2 Å². The summed E-state index contributed by atoms with van der Waals surface area (Å²) in [7, 11) is 1.31. The van der Waals surface area contributed by atoms with E-state index in [-0.39, 0.29) is 0 Å². The number of esters is 1. The second-order valence-corrected chi connectivity index (χ2v) is 4.33. The van der Waals surface area contributed by atoms with Crippen molar-refractivity contribution in [3.05, 3.63) is 46.3 Å². The number of carbonyl (C=O) groups is 1. The van der Waals surface area contributed by atoms with Crippen LogP contribution < -0.4 is 0 Å². The lowest BCUT2D eigenvalue weighted by Crippen LogP contribution is -2.22. The van der Waals surface area contributed by atoms with Gasteiger partial charge in [-0.1, -0.05) is 58.0 Å². The largest absolute Gasteiger partial charge is 0.468 e. The fourth-order valence-electron chi connectivity index (χ4n) is 1.24. The Labute approximate surface area is 107 Å². The van der Waals surface area contributed by atoms with Gasteiger partial charge in [-0.2, -0.15) is 0 Å². The van der Waals surface area contributed by atoms with Crippen molar-refractivity contribution in [3.63, 3.8) is 0 Å². The number of azide groups is 1. The minimum absolute atomic E-state index is 0.401. The number of halogens is 1. The fraction of sp³-hybridized carbons (Fsp3) is 0.300. The summed E-state index contributed by atoms with van der Waals surface area (Å²) in [6.45, 7) is 0. The molecule has 0 aliphatic rings. The molecule has 0 amide bonds. The molecule has 1 aromatic rings. The molecule has 0 aliphatic carbocycles. The van der Waals surface area contributed by atoms with E-state index in [0.29, 0.717) is 0 Å². The highest BCUT2D eigenvalue weighted by Crippen LogP contribution is 2.27. The Morgan fingerprint density at radius 2 is 2.12 bits per heavy atom. The zero-order valence-corrected chi connectivity index (χ0v) is 10.7. The molecular weight excluding hydrogens is 321 g/mol. The molecule has 0 fully saturated rings. The summed E-state index contributed by atoms with van der Waals surface area (Å²) in [6, 6.07) is 8.60. The number of alkyl halides is 1. The van der Waals surface area contributed by atoms with Crippen molar-refractivity contribution in [1.29, 1.82) is 0 Å². The second-order valence-electron chi connectivity index (χ2n) is 2.99. The Hall–Kier alpha value is -1.27. The lowest BCUT2D eigenvalue weighted by Gasteiger charge is -2.15. The molecule has 84 valence electrons. The molecule has 0 unspecified atom stereocenters. The van der Waals surface area contributed by atoms with Crippen LogP contribution in [0.5, 0.6) is 0 Å². The fourth-order valence-corrected chi connectivity index (χ4v) is 2.05. The number of benzene rings is 1. The summed E-state index contributed by atoms with van der Waals surface area (Å²) in [4.78, 5) is 14.2. The molecule has 0 radical (unpaired) electrons. The van der Waals surface area contributed by atoms with Crippen LogP contribution in [-0.2, 0) is 9.53 Å². The zero-order valence-electron chi connectivity index (χ0n) is 8.58. The first-order valence-corrected chi connectivity index (χ1v) is 5.76. The number of rotatable bonds is 4. The predicted octanol–water partition coefficient (Wildman–Crippen LogP) is 3.01. The van der Waals surface area contributed by atoms with Crippen molar-refractivity contribution >= 4 is 28.6 Å². The van der Waals surface area contributed by atoms with Gasteiger partial charge in [0.1, 0.15) is 3.92 Å². The maximum Gasteiger partial charge on any atom is 0.319 e. The standard InChI is InChI=1S/C10H10IN3O2/c1-16-10(15)8(11)9(13-14-12)7-5-3-2-4-6-7/h2-6,8-9H,1H3/t8-,9-/m0/s1. The van der Waals surface area contributed by atoms with Crippen molar-refractivity contribution in [1.82, 2.24) is 0 Å². The number of carbonyl (C=O) groups excluding carboxylic acids is 1. The highest BCUT2D eigenvalue weighted by atomic mass is 127. The van der Waals surface area contributed by atoms with Gasteiger partial charge in [-0.25, -0.2) is 0 Å². The molecule has 0 spiro atoms. The number of nitrogens with zero attached hydrogens (tertiary/aromatic N) is 3. The van der Waals surface area contributed by atoms with Crippen LogP contribution in [0.4, 0.5) is 0 Å². The molecule has 1 rings (SSSR count). The highest BCUT2D eigenvalue weighted by Gasteiger charge is 2.26. The minimum Gasteiger partial charge on any atom is -0.468 e. The highest BCUT2D eigenvalue weighted by molar-refractivity contribution is 14.1. The summed E-state index contributed by atoms with van der Waals surface area (Å²) in [6.07, 6.45) is 0. The Morgan fingerprint density at radius 3 is 2.62 bits per heavy atom. The summed E-state index contributed by atoms with van der Waals surface area (Å²) < 4.78 is 4.10. The summed E-state index contributed by atoms with van der Waals surface area (Å²) in [5, 5.41) is 3.64. The third-order valence-corrected chi connectivity index (χ3v) is 3.21. The molecule has 1 aromatic carbocycles. The van der Waals surface area contributed by atoms with Crippen LogP contribution >= 0.6 is 22.6 Å². The summed E-state index contributed by atoms with van der Waals surface area (Å²) in [5.41, 5.74) is 9.30. The number of methoxy groups -OCH3 is 1. The summed E-state index contributed by atoms with van der Waals surface area (Å²) in [5.74, 6) is -0.401. The first-order valence-electron chi connectivity index (χ1n) is 4.51. The van der Waals surface area contributed by atoms with Crippen LogP contribution in [0.25, 0.3) is 10.4 Å². The molecule has 0 heterocycles. The molecule has 16 heavy (non-hydrogen) atoms. The SMILES string of the molecule is COC(=O)[C@@H](I)[C@@H](N=[N+]=[N-])c1ccccc1. The second kappa shape index (κ2) is 6.34. The number of ether oxygens (including phenoxy) is 1. The lowest BCUT2D eigenvalue weighted by molar-refractivity contribution is -0.139. The van der Waals surface area contributed by atoms with Crippen molar-refractivity contribution in [2.24, 2.45) is 5.11 Å². The van der Waals surface area contributed by atoms with Crippen molar-refractivity contribution in [2.75, 3.05) is 7.11 Å². The van der Waals surface area contributed by atoms with Gasteiger partial charge in [0, 0.05) is 4.91 Å². The van der Waals surface area contributed by atoms with Gasteiger partial charge in [-0.15, -0.1) is 0 Å². The van der Waals surface area contributed by atoms with E-state index in [9.17, 15) is 4.79 Å². The smallest absolute Gasteiger partial charge is 0.319 e. The van der Waals surface area contributed by atoms with Gasteiger partial charge in [0.15, 0.2) is 0 Å². The quantitative estimate of drug-likeness (QED) is 0.212. The molecule has 6 heteroatoms. The predicted molar refractivity (Wildman–Crippen MR) is 68.2 cm³/mol. The third-order valence-electron chi connectivity index (χ3n) is 2.02. The van der Waals surface area contributed by atoms with E-state index in [2.05, 4.69) is 14.8 Å². The van der Waals surface area contributed by atoms with Crippen LogP contribution in [0.15, 0.2) is 35.4 Å². The van der Waals surface area contributed by atoms with E-state index in [4.69, 9.17) is 5.53 Å². The van der Waals surface area contributed by atoms with E-state index >= 15 is 0 Å². The third kappa shape index (κ3) is 3.11. The van der Waals surface area contributed by atoms with E-state index < -0.39 is 15.9 Å². The molecule has 0 saturated heterocycles. The Morgan fingerprint density at radius 1 is 1.50 bits per heavy atom. The van der Waals surface area contributed by atoms with Gasteiger partial charge in [0.25, 0.3) is 0 Å². The van der Waals surface area contributed by atoms with Gasteiger partial charge >= 0.3 is 5.97 Å². The van der Waals surface area contributed by atoms with E-state index in [1.807, 2.05) is 52.9 Å². The van der Waals surface area contributed by atoms with Gasteiger partial charge in [-0.3, -0.25) is 4.79 Å². The van der Waals surface area contributed by atoms with Crippen LogP contribution in [0.3, 0.4) is 0 Å². The summed E-state index contributed by atoms with van der Waals surface area (Å²) >= 11 is 1.92. The van der Waals surface area contributed by atoms with E-state index in [0.717, 1.165) is 5.56 Å².